The molecular formula is C12H24IN3S. The van der Waals surface area contributed by atoms with E-state index in [2.05, 4.69) is 41.2 Å². The van der Waals surface area contributed by atoms with Gasteiger partial charge in [0.05, 0.1) is 6.54 Å². The van der Waals surface area contributed by atoms with Crippen molar-refractivity contribution in [2.24, 2.45) is 10.9 Å². The maximum atomic E-state index is 4.68. The number of rotatable bonds is 4. The predicted molar refractivity (Wildman–Crippen MR) is 87.6 cm³/mol. The first kappa shape index (κ1) is 15.4. The highest BCUT2D eigenvalue weighted by Gasteiger charge is 2.33. The van der Waals surface area contributed by atoms with Crippen LogP contribution >= 0.6 is 35.7 Å². The number of hydrogen-bond acceptors (Lipinski definition) is 2. The van der Waals surface area contributed by atoms with E-state index < -0.39 is 0 Å². The monoisotopic (exact) mass is 369 g/mol. The number of guanidine groups is 1. The molecule has 3 unspecified atom stereocenters. The lowest BCUT2D eigenvalue weighted by Crippen LogP contribution is -2.39. The quantitative estimate of drug-likeness (QED) is 0.454. The van der Waals surface area contributed by atoms with E-state index >= 15 is 0 Å². The van der Waals surface area contributed by atoms with Gasteiger partial charge in [-0.1, -0.05) is 6.92 Å². The topological polar surface area (TPSA) is 36.4 Å². The van der Waals surface area contributed by atoms with Crippen molar-refractivity contribution in [3.05, 3.63) is 0 Å². The Labute approximate surface area is 126 Å². The maximum absolute atomic E-state index is 4.68. The highest BCUT2D eigenvalue weighted by molar-refractivity contribution is 14.0. The van der Waals surface area contributed by atoms with E-state index in [1.54, 1.807) is 0 Å². The van der Waals surface area contributed by atoms with Crippen molar-refractivity contribution in [3.8, 4) is 0 Å². The van der Waals surface area contributed by atoms with Gasteiger partial charge in [-0.05, 0) is 37.9 Å². The van der Waals surface area contributed by atoms with Crippen LogP contribution in [-0.4, -0.2) is 36.1 Å². The van der Waals surface area contributed by atoms with E-state index in [9.17, 15) is 0 Å². The van der Waals surface area contributed by atoms with Gasteiger partial charge >= 0.3 is 0 Å². The minimum Gasteiger partial charge on any atom is -0.357 e. The molecule has 2 fully saturated rings. The summed E-state index contributed by atoms with van der Waals surface area (Å²) >= 11 is 2.07. The zero-order valence-electron chi connectivity index (χ0n) is 10.7. The molecule has 2 aliphatic rings. The molecule has 0 bridgehead atoms. The van der Waals surface area contributed by atoms with Crippen LogP contribution in [-0.2, 0) is 0 Å². The number of nitrogens with zero attached hydrogens (tertiary/aromatic N) is 1. The van der Waals surface area contributed by atoms with Crippen molar-refractivity contribution in [3.63, 3.8) is 0 Å². The van der Waals surface area contributed by atoms with Gasteiger partial charge in [-0.15, -0.1) is 24.0 Å². The van der Waals surface area contributed by atoms with E-state index in [0.717, 1.165) is 30.2 Å². The van der Waals surface area contributed by atoms with Crippen molar-refractivity contribution in [1.29, 1.82) is 0 Å². The van der Waals surface area contributed by atoms with Crippen LogP contribution < -0.4 is 10.6 Å². The number of aliphatic imine (C=N–C) groups is 1. The summed E-state index contributed by atoms with van der Waals surface area (Å²) in [6.07, 6.45) is 4.00. The lowest BCUT2D eigenvalue weighted by atomic mass is 10.2. The third kappa shape index (κ3) is 5.24. The summed E-state index contributed by atoms with van der Waals surface area (Å²) in [5.74, 6) is 3.16. The minimum absolute atomic E-state index is 0. The highest BCUT2D eigenvalue weighted by Crippen LogP contribution is 2.29. The Morgan fingerprint density at radius 1 is 1.47 bits per heavy atom. The van der Waals surface area contributed by atoms with Crippen molar-refractivity contribution < 1.29 is 0 Å². The van der Waals surface area contributed by atoms with Gasteiger partial charge in [0.15, 0.2) is 5.96 Å². The normalized spacial score (nSPS) is 31.9. The Morgan fingerprint density at radius 2 is 2.24 bits per heavy atom. The third-order valence-corrected chi connectivity index (χ3v) is 4.63. The molecule has 2 rings (SSSR count). The summed E-state index contributed by atoms with van der Waals surface area (Å²) in [5, 5.41) is 7.58. The van der Waals surface area contributed by atoms with E-state index in [0.29, 0.717) is 6.04 Å². The molecule has 0 spiro atoms. The fraction of sp³-hybridized carbons (Fsp3) is 0.917. The van der Waals surface area contributed by atoms with E-state index in [1.165, 1.54) is 25.0 Å². The smallest absolute Gasteiger partial charge is 0.191 e. The van der Waals surface area contributed by atoms with Gasteiger partial charge < -0.3 is 10.6 Å². The van der Waals surface area contributed by atoms with Gasteiger partial charge in [0.25, 0.3) is 0 Å². The second-order valence-electron chi connectivity index (χ2n) is 4.82. The maximum Gasteiger partial charge on any atom is 0.191 e. The molecule has 2 N–H and O–H groups in total. The molecule has 1 aliphatic heterocycles. The molecule has 0 radical (unpaired) electrons. The molecule has 17 heavy (non-hydrogen) atoms. The minimum atomic E-state index is 0. The molecule has 0 aromatic carbocycles. The Bertz CT molecular complexity index is 254. The number of hydrogen-bond donors (Lipinski definition) is 2. The molecule has 1 saturated heterocycles. The number of nitrogens with one attached hydrogen (secondary N) is 2. The van der Waals surface area contributed by atoms with Crippen LogP contribution in [0.15, 0.2) is 4.99 Å². The van der Waals surface area contributed by atoms with Crippen LogP contribution in [0.3, 0.4) is 0 Å². The predicted octanol–water partition coefficient (Wildman–Crippen LogP) is 2.46. The van der Waals surface area contributed by atoms with Crippen LogP contribution in [0.5, 0.6) is 0 Å². The second-order valence-corrected chi connectivity index (χ2v) is 6.23. The Morgan fingerprint density at radius 3 is 2.76 bits per heavy atom. The van der Waals surface area contributed by atoms with Gasteiger partial charge in [0, 0.05) is 17.8 Å². The van der Waals surface area contributed by atoms with Gasteiger partial charge in [-0.25, -0.2) is 0 Å². The van der Waals surface area contributed by atoms with Crippen molar-refractivity contribution >= 4 is 41.7 Å². The van der Waals surface area contributed by atoms with Crippen LogP contribution in [0.25, 0.3) is 0 Å². The van der Waals surface area contributed by atoms with E-state index in [4.69, 9.17) is 0 Å². The summed E-state index contributed by atoms with van der Waals surface area (Å²) < 4.78 is 0. The molecule has 3 atom stereocenters. The van der Waals surface area contributed by atoms with Gasteiger partial charge in [0.2, 0.25) is 0 Å². The first-order valence-corrected chi connectivity index (χ1v) is 7.51. The summed E-state index contributed by atoms with van der Waals surface area (Å²) in [6, 6.07) is 0.661. The fourth-order valence-corrected chi connectivity index (χ4v) is 3.18. The first-order chi connectivity index (χ1) is 7.79. The highest BCUT2D eigenvalue weighted by atomic mass is 127. The first-order valence-electron chi connectivity index (χ1n) is 6.46. The van der Waals surface area contributed by atoms with Crippen LogP contribution in [0.4, 0.5) is 0 Å². The summed E-state index contributed by atoms with van der Waals surface area (Å²) in [7, 11) is 0. The average Bonchev–Trinajstić information content (AvgIpc) is 2.80. The summed E-state index contributed by atoms with van der Waals surface area (Å²) in [5.41, 5.74) is 0. The second kappa shape index (κ2) is 7.71. The lowest BCUT2D eigenvalue weighted by Gasteiger charge is -2.12. The molecule has 1 saturated carbocycles. The standard InChI is InChI=1S/C12H23N3S.HI/c1-3-13-12(15-11-7-9(11)2)14-8-10-5-4-6-16-10;/h9-11H,3-8H2,1-2H3,(H2,13,14,15);1H. The zero-order chi connectivity index (χ0) is 11.4. The zero-order valence-corrected chi connectivity index (χ0v) is 13.9. The summed E-state index contributed by atoms with van der Waals surface area (Å²) in [4.78, 5) is 4.68. The fourth-order valence-electron chi connectivity index (χ4n) is 2.00. The molecule has 5 heteroatoms. The molecule has 0 aromatic heterocycles. The van der Waals surface area contributed by atoms with E-state index in [1.807, 2.05) is 0 Å². The van der Waals surface area contributed by atoms with E-state index in [-0.39, 0.29) is 24.0 Å². The molecular weight excluding hydrogens is 345 g/mol. The van der Waals surface area contributed by atoms with Crippen LogP contribution in [0, 0.1) is 5.92 Å². The van der Waals surface area contributed by atoms with Gasteiger partial charge in [-0.2, -0.15) is 11.8 Å². The third-order valence-electron chi connectivity index (χ3n) is 3.25. The van der Waals surface area contributed by atoms with Crippen LogP contribution in [0.2, 0.25) is 0 Å². The Balaban J connectivity index is 0.00000144. The largest absolute Gasteiger partial charge is 0.357 e. The SMILES string of the molecule is CCNC(=NCC1CCCS1)NC1CC1C.I. The van der Waals surface area contributed by atoms with Crippen molar-refractivity contribution in [2.45, 2.75) is 44.4 Å². The summed E-state index contributed by atoms with van der Waals surface area (Å²) in [6.45, 7) is 6.33. The Kier molecular flexibility index (Phi) is 6.99. The molecule has 100 valence electrons. The van der Waals surface area contributed by atoms with Gasteiger partial charge in [-0.3, -0.25) is 4.99 Å². The molecule has 3 nitrogen and oxygen atoms in total. The molecule has 0 amide bonds. The van der Waals surface area contributed by atoms with Crippen LogP contribution in [0.1, 0.15) is 33.1 Å². The van der Waals surface area contributed by atoms with Crippen molar-refractivity contribution in [2.75, 3.05) is 18.8 Å². The lowest BCUT2D eigenvalue weighted by molar-refractivity contribution is 0.746. The van der Waals surface area contributed by atoms with Crippen molar-refractivity contribution in [1.82, 2.24) is 10.6 Å². The number of thioether (sulfide) groups is 1. The average molecular weight is 369 g/mol. The van der Waals surface area contributed by atoms with Gasteiger partial charge in [0.1, 0.15) is 0 Å². The Hall–Kier alpha value is 0.350. The molecule has 1 aliphatic carbocycles. The number of halogens is 1. The molecule has 1 heterocycles. The molecule has 0 aromatic rings.